The Morgan fingerprint density at radius 3 is 2.63 bits per heavy atom. The highest BCUT2D eigenvalue weighted by molar-refractivity contribution is 8.13. The number of anilines is 1. The Morgan fingerprint density at radius 1 is 1.37 bits per heavy atom. The van der Waals surface area contributed by atoms with Gasteiger partial charge in [-0.05, 0) is 30.2 Å². The van der Waals surface area contributed by atoms with Gasteiger partial charge >= 0.3 is 0 Å². The number of hydrogen-bond donors (Lipinski definition) is 0. The minimum atomic E-state index is -3.77. The summed E-state index contributed by atoms with van der Waals surface area (Å²) in [7, 11) is 1.54. The smallest absolute Gasteiger partial charge is 0.261 e. The van der Waals surface area contributed by atoms with Crippen molar-refractivity contribution in [1.29, 1.82) is 0 Å². The molecule has 2 rings (SSSR count). The highest BCUT2D eigenvalue weighted by Crippen LogP contribution is 2.31. The predicted octanol–water partition coefficient (Wildman–Crippen LogP) is 2.65. The third-order valence-electron chi connectivity index (χ3n) is 2.86. The summed E-state index contributed by atoms with van der Waals surface area (Å²) in [6, 6.07) is 4.44. The van der Waals surface area contributed by atoms with E-state index in [0.29, 0.717) is 23.6 Å². The number of aryl methyl sites for hydroxylation is 1. The van der Waals surface area contributed by atoms with Crippen molar-refractivity contribution in [1.82, 2.24) is 0 Å². The lowest BCUT2D eigenvalue weighted by Crippen LogP contribution is -2.36. The van der Waals surface area contributed by atoms with Gasteiger partial charge in [-0.3, -0.25) is 4.79 Å². The first-order valence-electron chi connectivity index (χ1n) is 5.50. The third-order valence-corrected chi connectivity index (χ3v) is 4.33. The molecule has 1 heterocycles. The molecule has 0 fully saturated rings. The number of benzene rings is 1. The zero-order valence-electron chi connectivity index (χ0n) is 9.90. The van der Waals surface area contributed by atoms with Crippen LogP contribution >= 0.6 is 22.3 Å². The van der Waals surface area contributed by atoms with E-state index in [1.54, 1.807) is 6.07 Å². The van der Waals surface area contributed by atoms with Crippen LogP contribution in [-0.4, -0.2) is 20.9 Å². The summed E-state index contributed by atoms with van der Waals surface area (Å²) in [5, 5.41) is 0.343. The highest BCUT2D eigenvalue weighted by atomic mass is 35.7. The van der Waals surface area contributed by atoms with Gasteiger partial charge in [0, 0.05) is 27.8 Å². The van der Waals surface area contributed by atoms with Crippen LogP contribution in [0.25, 0.3) is 0 Å². The van der Waals surface area contributed by atoms with E-state index in [2.05, 4.69) is 6.58 Å². The van der Waals surface area contributed by atoms with E-state index in [9.17, 15) is 13.2 Å². The van der Waals surface area contributed by atoms with Crippen molar-refractivity contribution in [2.24, 2.45) is 0 Å². The van der Waals surface area contributed by atoms with Crippen LogP contribution in [0.5, 0.6) is 0 Å². The Hall–Kier alpha value is -1.04. The zero-order chi connectivity index (χ0) is 14.2. The fourth-order valence-corrected chi connectivity index (χ4v) is 2.95. The molecule has 0 bridgehead atoms. The van der Waals surface area contributed by atoms with E-state index in [1.807, 2.05) is 0 Å². The second-order valence-corrected chi connectivity index (χ2v) is 7.33. The molecule has 0 saturated carbocycles. The molecule has 4 nitrogen and oxygen atoms in total. The molecule has 1 aromatic carbocycles. The van der Waals surface area contributed by atoms with Crippen molar-refractivity contribution in [2.75, 3.05) is 11.4 Å². The van der Waals surface area contributed by atoms with Crippen LogP contribution in [0.15, 0.2) is 34.7 Å². The number of carbonyl (C=O) groups is 1. The van der Waals surface area contributed by atoms with Crippen molar-refractivity contribution < 1.29 is 13.2 Å². The molecule has 0 saturated heterocycles. The molecule has 0 aliphatic carbocycles. The maximum absolute atomic E-state index is 11.9. The molecule has 0 N–H and O–H groups in total. The van der Waals surface area contributed by atoms with E-state index in [-0.39, 0.29) is 17.3 Å². The fourth-order valence-electron chi connectivity index (χ4n) is 2.03. The number of hydrogen-bond acceptors (Lipinski definition) is 3. The Balaban J connectivity index is 2.47. The second-order valence-electron chi connectivity index (χ2n) is 4.23. The molecule has 1 aliphatic rings. The lowest BCUT2D eigenvalue weighted by molar-refractivity contribution is -0.118. The number of amides is 1. The maximum atomic E-state index is 11.9. The van der Waals surface area contributed by atoms with Crippen LogP contribution in [-0.2, 0) is 20.3 Å². The average molecular weight is 320 g/mol. The first-order chi connectivity index (χ1) is 8.79. The van der Waals surface area contributed by atoms with Crippen molar-refractivity contribution >= 4 is 42.9 Å². The van der Waals surface area contributed by atoms with Crippen LogP contribution in [0, 0.1) is 0 Å². The predicted molar refractivity (Wildman–Crippen MR) is 75.1 cm³/mol. The standard InChI is InChI=1S/C12H11Cl2NO3S/c1-8(13)7-15-11-4-3-10(19(14,17)18)6-9(11)2-5-12(15)16/h3-4,6H,1-2,5,7H2. The molecule has 102 valence electrons. The molecule has 1 aliphatic heterocycles. The topological polar surface area (TPSA) is 54.5 Å². The summed E-state index contributed by atoms with van der Waals surface area (Å²) in [5.41, 5.74) is 1.42. The SMILES string of the molecule is C=C(Cl)CN1C(=O)CCc2cc(S(=O)(=O)Cl)ccc21. The second kappa shape index (κ2) is 5.15. The number of halogens is 2. The highest BCUT2D eigenvalue weighted by Gasteiger charge is 2.25. The first-order valence-corrected chi connectivity index (χ1v) is 8.19. The van der Waals surface area contributed by atoms with Crippen LogP contribution in [0.1, 0.15) is 12.0 Å². The third kappa shape index (κ3) is 3.11. The molecule has 0 spiro atoms. The van der Waals surface area contributed by atoms with E-state index in [4.69, 9.17) is 22.3 Å². The summed E-state index contributed by atoms with van der Waals surface area (Å²) in [6.07, 6.45) is 0.794. The summed E-state index contributed by atoms with van der Waals surface area (Å²) < 4.78 is 22.6. The molecule has 0 aromatic heterocycles. The molecule has 7 heteroatoms. The summed E-state index contributed by atoms with van der Waals surface area (Å²) in [6.45, 7) is 3.78. The molecule has 19 heavy (non-hydrogen) atoms. The van der Waals surface area contributed by atoms with Crippen LogP contribution in [0.2, 0.25) is 0 Å². The molecule has 1 aromatic rings. The van der Waals surface area contributed by atoms with Crippen molar-refractivity contribution in [3.8, 4) is 0 Å². The van der Waals surface area contributed by atoms with Crippen LogP contribution in [0.3, 0.4) is 0 Å². The lowest BCUT2D eigenvalue weighted by atomic mass is 10.0. The monoisotopic (exact) mass is 319 g/mol. The molecule has 0 radical (unpaired) electrons. The summed E-state index contributed by atoms with van der Waals surface area (Å²) in [5.74, 6) is -0.0595. The molecular formula is C12H11Cl2NO3S. The largest absolute Gasteiger partial charge is 0.307 e. The van der Waals surface area contributed by atoms with Crippen molar-refractivity contribution in [3.63, 3.8) is 0 Å². The van der Waals surface area contributed by atoms with E-state index < -0.39 is 9.05 Å². The number of fused-ring (bicyclic) bond motifs is 1. The Labute approximate surface area is 121 Å². The number of carbonyl (C=O) groups excluding carboxylic acids is 1. The van der Waals surface area contributed by atoms with Gasteiger partial charge in [-0.2, -0.15) is 0 Å². The lowest BCUT2D eigenvalue weighted by Gasteiger charge is -2.29. The quantitative estimate of drug-likeness (QED) is 0.805. The van der Waals surface area contributed by atoms with Gasteiger partial charge in [0.15, 0.2) is 0 Å². The molecule has 0 atom stereocenters. The Morgan fingerprint density at radius 2 is 2.05 bits per heavy atom. The summed E-state index contributed by atoms with van der Waals surface area (Å²) >= 11 is 5.74. The minimum absolute atomic E-state index is 0.0342. The van der Waals surface area contributed by atoms with E-state index in [0.717, 1.165) is 5.56 Å². The van der Waals surface area contributed by atoms with Crippen molar-refractivity contribution in [2.45, 2.75) is 17.7 Å². The Kier molecular flexibility index (Phi) is 3.90. The number of rotatable bonds is 3. The normalized spacial score (nSPS) is 15.3. The van der Waals surface area contributed by atoms with Gasteiger partial charge < -0.3 is 4.90 Å². The Bertz CT molecular complexity index is 655. The fraction of sp³-hybridized carbons (Fsp3) is 0.250. The van der Waals surface area contributed by atoms with Gasteiger partial charge in [-0.15, -0.1) is 0 Å². The van der Waals surface area contributed by atoms with E-state index >= 15 is 0 Å². The average Bonchev–Trinajstić information content (AvgIpc) is 2.30. The zero-order valence-corrected chi connectivity index (χ0v) is 12.2. The summed E-state index contributed by atoms with van der Waals surface area (Å²) in [4.78, 5) is 13.4. The van der Waals surface area contributed by atoms with E-state index in [1.165, 1.54) is 17.0 Å². The van der Waals surface area contributed by atoms with Gasteiger partial charge in [0.25, 0.3) is 9.05 Å². The van der Waals surface area contributed by atoms with Gasteiger partial charge in [0.05, 0.1) is 11.4 Å². The number of nitrogens with zero attached hydrogens (tertiary/aromatic N) is 1. The molecule has 0 unspecified atom stereocenters. The van der Waals surface area contributed by atoms with Gasteiger partial charge in [0.2, 0.25) is 5.91 Å². The maximum Gasteiger partial charge on any atom is 0.261 e. The van der Waals surface area contributed by atoms with Crippen molar-refractivity contribution in [3.05, 3.63) is 35.4 Å². The van der Waals surface area contributed by atoms with Crippen LogP contribution in [0.4, 0.5) is 5.69 Å². The van der Waals surface area contributed by atoms with Crippen LogP contribution < -0.4 is 4.90 Å². The molecular weight excluding hydrogens is 309 g/mol. The van der Waals surface area contributed by atoms with Gasteiger partial charge in [-0.25, -0.2) is 8.42 Å². The van der Waals surface area contributed by atoms with Gasteiger partial charge in [-0.1, -0.05) is 18.2 Å². The minimum Gasteiger partial charge on any atom is -0.307 e. The molecule has 1 amide bonds. The van der Waals surface area contributed by atoms with Gasteiger partial charge in [0.1, 0.15) is 0 Å². The first kappa shape index (κ1) is 14.4.